The van der Waals surface area contributed by atoms with Crippen molar-refractivity contribution in [2.75, 3.05) is 11.1 Å². The topological polar surface area (TPSA) is 83.8 Å². The Bertz CT molecular complexity index is 657. The van der Waals surface area contributed by atoms with Crippen LogP contribution < -0.4 is 11.1 Å². The van der Waals surface area contributed by atoms with Gasteiger partial charge in [-0.1, -0.05) is 11.6 Å². The first-order valence-electron chi connectivity index (χ1n) is 5.50. The fraction of sp³-hybridized carbons (Fsp3) is 0.0769. The summed E-state index contributed by atoms with van der Waals surface area (Å²) in [5, 5.41) is 12.0. The average Bonchev–Trinajstić information content (AvgIpc) is 2.81. The number of carbonyl (C=O) groups is 1. The van der Waals surface area contributed by atoms with Gasteiger partial charge in [-0.25, -0.2) is 0 Å². The van der Waals surface area contributed by atoms with Crippen molar-refractivity contribution in [1.82, 2.24) is 4.57 Å². The predicted octanol–water partition coefficient (Wildman–Crippen LogP) is 2.23. The number of aromatic nitrogens is 1. The number of nitrogens with zero attached hydrogens (tertiary/aromatic N) is 2. The van der Waals surface area contributed by atoms with Gasteiger partial charge in [0.2, 0.25) is 5.91 Å². The number of anilines is 2. The Kier molecular flexibility index (Phi) is 3.74. The third-order valence-corrected chi connectivity index (χ3v) is 2.78. The SMILES string of the molecule is N#Cc1cccn1CC(=O)Nc1cc(Cl)ccc1N. The molecule has 1 aromatic heterocycles. The second-order valence-corrected chi connectivity index (χ2v) is 4.35. The molecule has 0 aliphatic heterocycles. The molecule has 0 spiro atoms. The van der Waals surface area contributed by atoms with Crippen LogP contribution in [-0.2, 0) is 11.3 Å². The smallest absolute Gasteiger partial charge is 0.244 e. The summed E-state index contributed by atoms with van der Waals surface area (Å²) in [4.78, 5) is 11.9. The predicted molar refractivity (Wildman–Crippen MR) is 73.6 cm³/mol. The minimum atomic E-state index is -0.276. The zero-order valence-electron chi connectivity index (χ0n) is 9.93. The molecule has 2 aromatic rings. The summed E-state index contributed by atoms with van der Waals surface area (Å²) in [5.74, 6) is -0.276. The van der Waals surface area contributed by atoms with Gasteiger partial charge < -0.3 is 15.6 Å². The standard InChI is InChI=1S/C13H11ClN4O/c14-9-3-4-11(16)12(6-9)17-13(19)8-18-5-1-2-10(18)7-15/h1-6H,8,16H2,(H,17,19). The number of rotatable bonds is 3. The first kappa shape index (κ1) is 13.0. The molecule has 0 saturated heterocycles. The van der Waals surface area contributed by atoms with Crippen LogP contribution in [0.4, 0.5) is 11.4 Å². The number of nitrogen functional groups attached to an aromatic ring is 1. The molecule has 0 aliphatic carbocycles. The van der Waals surface area contributed by atoms with Crippen LogP contribution in [0.2, 0.25) is 5.02 Å². The maximum atomic E-state index is 11.9. The molecule has 0 atom stereocenters. The van der Waals surface area contributed by atoms with Gasteiger partial charge in [0.15, 0.2) is 0 Å². The first-order chi connectivity index (χ1) is 9.10. The van der Waals surface area contributed by atoms with Crippen LogP contribution in [-0.4, -0.2) is 10.5 Å². The summed E-state index contributed by atoms with van der Waals surface area (Å²) >= 11 is 5.84. The lowest BCUT2D eigenvalue weighted by atomic mass is 10.2. The van der Waals surface area contributed by atoms with E-state index in [2.05, 4.69) is 5.32 Å². The number of nitrogens with one attached hydrogen (secondary N) is 1. The first-order valence-corrected chi connectivity index (χ1v) is 5.88. The van der Waals surface area contributed by atoms with Crippen molar-refractivity contribution in [1.29, 1.82) is 5.26 Å². The van der Waals surface area contributed by atoms with E-state index in [1.807, 2.05) is 6.07 Å². The van der Waals surface area contributed by atoms with Gasteiger partial charge in [-0.3, -0.25) is 4.79 Å². The molecular formula is C13H11ClN4O. The van der Waals surface area contributed by atoms with E-state index in [1.165, 1.54) is 0 Å². The second-order valence-electron chi connectivity index (χ2n) is 3.91. The highest BCUT2D eigenvalue weighted by molar-refractivity contribution is 6.31. The van der Waals surface area contributed by atoms with Gasteiger partial charge >= 0.3 is 0 Å². The Balaban J connectivity index is 2.10. The lowest BCUT2D eigenvalue weighted by Crippen LogP contribution is -2.19. The van der Waals surface area contributed by atoms with E-state index in [0.29, 0.717) is 22.1 Å². The highest BCUT2D eigenvalue weighted by Gasteiger charge is 2.08. The number of hydrogen-bond donors (Lipinski definition) is 2. The lowest BCUT2D eigenvalue weighted by molar-refractivity contribution is -0.116. The molecule has 0 unspecified atom stereocenters. The number of halogens is 1. The quantitative estimate of drug-likeness (QED) is 0.842. The Labute approximate surface area is 115 Å². The highest BCUT2D eigenvalue weighted by Crippen LogP contribution is 2.22. The number of carbonyl (C=O) groups excluding carboxylic acids is 1. The zero-order chi connectivity index (χ0) is 13.8. The van der Waals surface area contributed by atoms with Gasteiger partial charge in [0.1, 0.15) is 18.3 Å². The number of hydrogen-bond acceptors (Lipinski definition) is 3. The molecule has 19 heavy (non-hydrogen) atoms. The Morgan fingerprint density at radius 2 is 2.26 bits per heavy atom. The van der Waals surface area contributed by atoms with Gasteiger partial charge in [0.05, 0.1) is 11.4 Å². The lowest BCUT2D eigenvalue weighted by Gasteiger charge is -2.09. The van der Waals surface area contributed by atoms with Crippen molar-refractivity contribution in [2.45, 2.75) is 6.54 Å². The molecule has 1 aromatic carbocycles. The fourth-order valence-corrected chi connectivity index (χ4v) is 1.81. The molecule has 0 bridgehead atoms. The largest absolute Gasteiger partial charge is 0.397 e. The summed E-state index contributed by atoms with van der Waals surface area (Å²) in [7, 11) is 0. The summed E-state index contributed by atoms with van der Waals surface area (Å²) in [6.45, 7) is 0.0435. The normalized spacial score (nSPS) is 9.89. The molecular weight excluding hydrogens is 264 g/mol. The van der Waals surface area contributed by atoms with Crippen LogP contribution >= 0.6 is 11.6 Å². The molecule has 6 heteroatoms. The van der Waals surface area contributed by atoms with Crippen molar-refractivity contribution < 1.29 is 4.79 Å². The number of amides is 1. The summed E-state index contributed by atoms with van der Waals surface area (Å²) < 4.78 is 1.55. The van der Waals surface area contributed by atoms with Crippen molar-refractivity contribution in [3.05, 3.63) is 47.2 Å². The second kappa shape index (κ2) is 5.46. The highest BCUT2D eigenvalue weighted by atomic mass is 35.5. The summed E-state index contributed by atoms with van der Waals surface area (Å²) in [6, 6.07) is 10.2. The van der Waals surface area contributed by atoms with Crippen molar-refractivity contribution in [3.63, 3.8) is 0 Å². The maximum absolute atomic E-state index is 11.9. The Morgan fingerprint density at radius 3 is 3.00 bits per heavy atom. The van der Waals surface area contributed by atoms with E-state index >= 15 is 0 Å². The van der Waals surface area contributed by atoms with E-state index in [0.717, 1.165) is 0 Å². The average molecular weight is 275 g/mol. The molecule has 1 amide bonds. The van der Waals surface area contributed by atoms with Gasteiger partial charge in [-0.2, -0.15) is 5.26 Å². The number of nitriles is 1. The Morgan fingerprint density at radius 1 is 1.47 bits per heavy atom. The summed E-state index contributed by atoms with van der Waals surface area (Å²) in [5.41, 5.74) is 7.06. The van der Waals surface area contributed by atoms with Crippen LogP contribution in [0.3, 0.4) is 0 Å². The van der Waals surface area contributed by atoms with Gasteiger partial charge in [0, 0.05) is 11.2 Å². The van der Waals surface area contributed by atoms with E-state index < -0.39 is 0 Å². The van der Waals surface area contributed by atoms with Crippen molar-refractivity contribution >= 4 is 28.9 Å². The Hall–Kier alpha value is -2.45. The summed E-state index contributed by atoms with van der Waals surface area (Å²) in [6.07, 6.45) is 1.67. The van der Waals surface area contributed by atoms with Crippen molar-refractivity contribution in [2.24, 2.45) is 0 Å². The van der Waals surface area contributed by atoms with Crippen LogP contribution in [0, 0.1) is 11.3 Å². The van der Waals surface area contributed by atoms with Crippen LogP contribution in [0.25, 0.3) is 0 Å². The molecule has 3 N–H and O–H groups in total. The molecule has 0 aliphatic rings. The minimum Gasteiger partial charge on any atom is -0.397 e. The van der Waals surface area contributed by atoms with Gasteiger partial charge in [-0.05, 0) is 30.3 Å². The fourth-order valence-electron chi connectivity index (χ4n) is 1.63. The molecule has 0 radical (unpaired) electrons. The third-order valence-electron chi connectivity index (χ3n) is 2.55. The van der Waals surface area contributed by atoms with E-state index in [9.17, 15) is 4.79 Å². The third kappa shape index (κ3) is 3.06. The van der Waals surface area contributed by atoms with Gasteiger partial charge in [0.25, 0.3) is 0 Å². The number of benzene rings is 1. The molecule has 0 fully saturated rings. The van der Waals surface area contributed by atoms with E-state index in [4.69, 9.17) is 22.6 Å². The van der Waals surface area contributed by atoms with Gasteiger partial charge in [-0.15, -0.1) is 0 Å². The van der Waals surface area contributed by atoms with E-state index in [-0.39, 0.29) is 12.5 Å². The minimum absolute atomic E-state index is 0.0435. The van der Waals surface area contributed by atoms with Crippen LogP contribution in [0.5, 0.6) is 0 Å². The monoisotopic (exact) mass is 274 g/mol. The molecule has 2 rings (SSSR count). The van der Waals surface area contributed by atoms with Crippen molar-refractivity contribution in [3.8, 4) is 6.07 Å². The molecule has 0 saturated carbocycles. The van der Waals surface area contributed by atoms with Crippen LogP contribution in [0.1, 0.15) is 5.69 Å². The maximum Gasteiger partial charge on any atom is 0.244 e. The van der Waals surface area contributed by atoms with Crippen LogP contribution in [0.15, 0.2) is 36.5 Å². The van der Waals surface area contributed by atoms with E-state index in [1.54, 1.807) is 41.1 Å². The zero-order valence-corrected chi connectivity index (χ0v) is 10.7. The molecule has 5 nitrogen and oxygen atoms in total. The molecule has 96 valence electrons. The molecule has 1 heterocycles. The number of nitrogens with two attached hydrogens (primary N) is 1.